The molecule has 0 saturated carbocycles. The molecule has 0 radical (unpaired) electrons. The largest absolute Gasteiger partial charge is 0.283 e. The number of rotatable bonds is 8. The van der Waals surface area contributed by atoms with Gasteiger partial charge in [-0.25, -0.2) is 0 Å². The molecule has 0 aliphatic carbocycles. The highest BCUT2D eigenvalue weighted by molar-refractivity contribution is 5.78. The molecular formula is C22H14N4O8. The van der Waals surface area contributed by atoms with Crippen LogP contribution in [0.5, 0.6) is 0 Å². The summed E-state index contributed by atoms with van der Waals surface area (Å²) in [5.74, 6) is 0. The molecule has 0 amide bonds. The van der Waals surface area contributed by atoms with E-state index < -0.39 is 42.4 Å². The van der Waals surface area contributed by atoms with Crippen LogP contribution in [0.15, 0.2) is 60.7 Å². The summed E-state index contributed by atoms with van der Waals surface area (Å²) in [6.07, 6.45) is 6.07. The van der Waals surface area contributed by atoms with Crippen molar-refractivity contribution in [3.8, 4) is 0 Å². The molecule has 0 aliphatic rings. The second-order valence-electron chi connectivity index (χ2n) is 6.85. The first-order valence-electron chi connectivity index (χ1n) is 9.47. The van der Waals surface area contributed by atoms with E-state index in [-0.39, 0.29) is 11.1 Å². The van der Waals surface area contributed by atoms with Crippen molar-refractivity contribution < 1.29 is 19.7 Å². The molecule has 0 saturated heterocycles. The normalized spacial score (nSPS) is 11.1. The molecule has 0 aromatic heterocycles. The molecule has 0 aliphatic heterocycles. The summed E-state index contributed by atoms with van der Waals surface area (Å²) in [5.41, 5.74) is 0.0451. The highest BCUT2D eigenvalue weighted by Crippen LogP contribution is 2.28. The van der Waals surface area contributed by atoms with Crippen LogP contribution in [0.4, 0.5) is 22.7 Å². The van der Waals surface area contributed by atoms with Gasteiger partial charge in [-0.15, -0.1) is 0 Å². The van der Waals surface area contributed by atoms with Gasteiger partial charge in [-0.3, -0.25) is 40.5 Å². The minimum atomic E-state index is -0.717. The van der Waals surface area contributed by atoms with Crippen molar-refractivity contribution in [3.63, 3.8) is 0 Å². The van der Waals surface area contributed by atoms with Crippen molar-refractivity contribution in [1.82, 2.24) is 0 Å². The molecule has 3 aromatic rings. The summed E-state index contributed by atoms with van der Waals surface area (Å²) in [5, 5.41) is 44.3. The molecule has 170 valence electrons. The van der Waals surface area contributed by atoms with Crippen LogP contribution in [-0.2, 0) is 0 Å². The summed E-state index contributed by atoms with van der Waals surface area (Å²) < 4.78 is 0. The number of non-ortho nitro benzene ring substituents is 2. The first-order chi connectivity index (χ1) is 16.2. The lowest BCUT2D eigenvalue weighted by Gasteiger charge is -2.00. The molecule has 3 aromatic carbocycles. The van der Waals surface area contributed by atoms with Gasteiger partial charge in [-0.2, -0.15) is 0 Å². The summed E-state index contributed by atoms with van der Waals surface area (Å²) in [7, 11) is 0. The number of nitro benzene ring substituents is 4. The van der Waals surface area contributed by atoms with Gasteiger partial charge >= 0.3 is 0 Å². The highest BCUT2D eigenvalue weighted by Gasteiger charge is 2.18. The van der Waals surface area contributed by atoms with Gasteiger partial charge in [0.1, 0.15) is 0 Å². The van der Waals surface area contributed by atoms with Crippen molar-refractivity contribution in [2.24, 2.45) is 0 Å². The van der Waals surface area contributed by atoms with Crippen molar-refractivity contribution in [1.29, 1.82) is 0 Å². The second-order valence-corrected chi connectivity index (χ2v) is 6.85. The standard InChI is InChI=1S/C22H14N4O8/c27-23(28)19-10-8-17(21(13-19)25(31)32)6-4-15-2-1-3-16(12-15)5-7-18-9-11-20(24(29)30)14-22(18)26(33)34/h1-14H/b6-4-,7-5+. The lowest BCUT2D eigenvalue weighted by atomic mass is 10.1. The Morgan fingerprint density at radius 1 is 0.500 bits per heavy atom. The maximum atomic E-state index is 11.3. The van der Waals surface area contributed by atoms with E-state index in [9.17, 15) is 40.5 Å². The molecule has 34 heavy (non-hydrogen) atoms. The van der Waals surface area contributed by atoms with Gasteiger partial charge in [0, 0.05) is 12.1 Å². The SMILES string of the molecule is O=[N+]([O-])c1ccc(/C=C\c2cccc(/C=C/c3ccc([N+](=O)[O-])cc3[N+](=O)[O-])c2)c([N+](=O)[O-])c1. The Hall–Kier alpha value is -5.26. The van der Waals surface area contributed by atoms with E-state index in [4.69, 9.17) is 0 Å². The topological polar surface area (TPSA) is 173 Å². The molecule has 0 bridgehead atoms. The summed E-state index contributed by atoms with van der Waals surface area (Å²) in [6.45, 7) is 0. The van der Waals surface area contributed by atoms with Crippen molar-refractivity contribution in [2.75, 3.05) is 0 Å². The Labute approximate surface area is 190 Å². The number of nitro groups is 4. The lowest BCUT2D eigenvalue weighted by Crippen LogP contribution is -1.95. The lowest BCUT2D eigenvalue weighted by molar-refractivity contribution is -0.394. The van der Waals surface area contributed by atoms with E-state index in [2.05, 4.69) is 0 Å². The van der Waals surface area contributed by atoms with Gasteiger partial charge in [-0.1, -0.05) is 30.4 Å². The van der Waals surface area contributed by atoms with Crippen LogP contribution < -0.4 is 0 Å². The molecule has 0 N–H and O–H groups in total. The Bertz CT molecular complexity index is 1280. The number of benzene rings is 3. The quantitative estimate of drug-likeness (QED) is 0.234. The van der Waals surface area contributed by atoms with Crippen LogP contribution >= 0.6 is 0 Å². The van der Waals surface area contributed by atoms with E-state index in [0.717, 1.165) is 12.1 Å². The van der Waals surface area contributed by atoms with Crippen LogP contribution in [0.1, 0.15) is 22.3 Å². The van der Waals surface area contributed by atoms with E-state index in [1.807, 2.05) is 0 Å². The molecular weight excluding hydrogens is 448 g/mol. The fraction of sp³-hybridized carbons (Fsp3) is 0. The minimum Gasteiger partial charge on any atom is -0.258 e. The molecule has 0 spiro atoms. The maximum absolute atomic E-state index is 11.3. The average Bonchev–Trinajstić information content (AvgIpc) is 2.81. The summed E-state index contributed by atoms with van der Waals surface area (Å²) >= 11 is 0. The number of hydrogen-bond donors (Lipinski definition) is 0. The maximum Gasteiger partial charge on any atom is 0.283 e. The zero-order valence-corrected chi connectivity index (χ0v) is 17.1. The van der Waals surface area contributed by atoms with Gasteiger partial charge < -0.3 is 0 Å². The van der Waals surface area contributed by atoms with Crippen LogP contribution in [0.3, 0.4) is 0 Å². The number of nitrogens with zero attached hydrogens (tertiary/aromatic N) is 4. The zero-order chi connectivity index (χ0) is 24.8. The van der Waals surface area contributed by atoms with E-state index >= 15 is 0 Å². The Morgan fingerprint density at radius 3 is 1.26 bits per heavy atom. The second kappa shape index (κ2) is 9.91. The zero-order valence-electron chi connectivity index (χ0n) is 17.1. The van der Waals surface area contributed by atoms with Crippen LogP contribution in [0.25, 0.3) is 24.3 Å². The molecule has 12 heteroatoms. The third-order valence-corrected chi connectivity index (χ3v) is 4.66. The Balaban J connectivity index is 1.88. The predicted octanol–water partition coefficient (Wildman–Crippen LogP) is 5.66. The van der Waals surface area contributed by atoms with Gasteiger partial charge in [0.2, 0.25) is 0 Å². The average molecular weight is 462 g/mol. The first kappa shape index (κ1) is 23.4. The third-order valence-electron chi connectivity index (χ3n) is 4.66. The van der Waals surface area contributed by atoms with Gasteiger partial charge in [-0.05, 0) is 41.5 Å². The molecule has 3 rings (SSSR count). The highest BCUT2D eigenvalue weighted by atomic mass is 16.6. The van der Waals surface area contributed by atoms with Crippen LogP contribution in [0, 0.1) is 40.5 Å². The monoisotopic (exact) mass is 462 g/mol. The third kappa shape index (κ3) is 5.50. The van der Waals surface area contributed by atoms with Gasteiger partial charge in [0.15, 0.2) is 0 Å². The van der Waals surface area contributed by atoms with Crippen LogP contribution in [0.2, 0.25) is 0 Å². The molecule has 0 fully saturated rings. The Morgan fingerprint density at radius 2 is 0.912 bits per heavy atom. The molecule has 12 nitrogen and oxygen atoms in total. The minimum absolute atomic E-state index is 0.179. The number of hydrogen-bond acceptors (Lipinski definition) is 8. The smallest absolute Gasteiger partial charge is 0.258 e. The van der Waals surface area contributed by atoms with Gasteiger partial charge in [0.05, 0.1) is 43.0 Å². The Kier molecular flexibility index (Phi) is 6.82. The molecule has 0 heterocycles. The molecule has 0 unspecified atom stereocenters. The van der Waals surface area contributed by atoms with E-state index in [1.165, 1.54) is 36.4 Å². The summed E-state index contributed by atoms with van der Waals surface area (Å²) in [4.78, 5) is 41.4. The van der Waals surface area contributed by atoms with Gasteiger partial charge in [0.25, 0.3) is 22.7 Å². The molecule has 0 atom stereocenters. The van der Waals surface area contributed by atoms with Crippen LogP contribution in [-0.4, -0.2) is 19.7 Å². The summed E-state index contributed by atoms with van der Waals surface area (Å²) in [6, 6.07) is 13.5. The van der Waals surface area contributed by atoms with Crippen molar-refractivity contribution in [3.05, 3.63) is 123 Å². The van der Waals surface area contributed by atoms with Crippen molar-refractivity contribution in [2.45, 2.75) is 0 Å². The predicted molar refractivity (Wildman–Crippen MR) is 124 cm³/mol. The van der Waals surface area contributed by atoms with Crippen molar-refractivity contribution >= 4 is 47.1 Å². The van der Waals surface area contributed by atoms with E-state index in [0.29, 0.717) is 11.1 Å². The van der Waals surface area contributed by atoms with E-state index in [1.54, 1.807) is 36.4 Å². The first-order valence-corrected chi connectivity index (χ1v) is 9.47. The fourth-order valence-corrected chi connectivity index (χ4v) is 3.03. The fourth-order valence-electron chi connectivity index (χ4n) is 3.03.